The van der Waals surface area contributed by atoms with E-state index in [1.807, 2.05) is 48.2 Å². The van der Waals surface area contributed by atoms with Gasteiger partial charge in [-0.2, -0.15) is 0 Å². The Hall–Kier alpha value is -3.64. The zero-order valence-electron chi connectivity index (χ0n) is 22.0. The highest BCUT2D eigenvalue weighted by Gasteiger charge is 2.34. The second kappa shape index (κ2) is 10.8. The van der Waals surface area contributed by atoms with Crippen molar-refractivity contribution in [2.45, 2.75) is 38.6 Å². The minimum atomic E-state index is 0.00936. The fourth-order valence-corrected chi connectivity index (χ4v) is 5.50. The molecule has 0 bridgehead atoms. The van der Waals surface area contributed by atoms with Crippen molar-refractivity contribution in [1.29, 1.82) is 0 Å². The number of piperazine rings is 1. The van der Waals surface area contributed by atoms with E-state index >= 15 is 0 Å². The summed E-state index contributed by atoms with van der Waals surface area (Å²) >= 11 is 0. The molecule has 0 radical (unpaired) electrons. The first-order valence-corrected chi connectivity index (χ1v) is 13.3. The maximum absolute atomic E-state index is 13.8. The Morgan fingerprint density at radius 1 is 0.892 bits per heavy atom. The van der Waals surface area contributed by atoms with Crippen LogP contribution in [0.5, 0.6) is 0 Å². The SMILES string of the molecule is CCC(=O)Nc1ccc(C2CC(C)N(C(=O)c3ccc(N4CCN(C)CC4)cc3)c3ccccc32)cc1. The zero-order chi connectivity index (χ0) is 25.9. The fourth-order valence-electron chi connectivity index (χ4n) is 5.50. The highest BCUT2D eigenvalue weighted by Crippen LogP contribution is 2.42. The van der Waals surface area contributed by atoms with Crippen LogP contribution in [0.3, 0.4) is 0 Å². The Kier molecular flexibility index (Phi) is 7.28. The van der Waals surface area contributed by atoms with E-state index in [4.69, 9.17) is 0 Å². The summed E-state index contributed by atoms with van der Waals surface area (Å²) in [7, 11) is 2.16. The van der Waals surface area contributed by atoms with Crippen molar-refractivity contribution in [1.82, 2.24) is 4.90 Å². The summed E-state index contributed by atoms with van der Waals surface area (Å²) in [6, 6.07) is 24.5. The molecule has 3 aromatic rings. The van der Waals surface area contributed by atoms with Crippen molar-refractivity contribution in [3.05, 3.63) is 89.5 Å². The van der Waals surface area contributed by atoms with Gasteiger partial charge in [-0.1, -0.05) is 37.3 Å². The van der Waals surface area contributed by atoms with Gasteiger partial charge < -0.3 is 20.0 Å². The predicted octanol–water partition coefficient (Wildman–Crippen LogP) is 5.36. The number of hydrogen-bond donors (Lipinski definition) is 1. The lowest BCUT2D eigenvalue weighted by atomic mass is 9.81. The maximum Gasteiger partial charge on any atom is 0.258 e. The number of anilines is 3. The van der Waals surface area contributed by atoms with E-state index in [2.05, 4.69) is 65.5 Å². The molecule has 3 aromatic carbocycles. The molecule has 37 heavy (non-hydrogen) atoms. The summed E-state index contributed by atoms with van der Waals surface area (Å²) in [6.45, 7) is 8.11. The Morgan fingerprint density at radius 3 is 2.24 bits per heavy atom. The van der Waals surface area contributed by atoms with Crippen molar-refractivity contribution in [3.8, 4) is 0 Å². The molecular formula is C31H36N4O2. The minimum absolute atomic E-state index is 0.00936. The molecule has 6 nitrogen and oxygen atoms in total. The number of carbonyl (C=O) groups excluding carboxylic acids is 2. The van der Waals surface area contributed by atoms with Gasteiger partial charge in [0.05, 0.1) is 0 Å². The fraction of sp³-hybridized carbons (Fsp3) is 0.355. The quantitative estimate of drug-likeness (QED) is 0.517. The Labute approximate surface area is 219 Å². The first-order valence-electron chi connectivity index (χ1n) is 13.3. The normalized spacial score (nSPS) is 19.9. The number of nitrogens with zero attached hydrogens (tertiary/aromatic N) is 3. The first kappa shape index (κ1) is 25.0. The number of para-hydroxylation sites is 1. The summed E-state index contributed by atoms with van der Waals surface area (Å²) in [6.07, 6.45) is 1.29. The van der Waals surface area contributed by atoms with Crippen molar-refractivity contribution >= 4 is 28.9 Å². The third-order valence-corrected chi connectivity index (χ3v) is 7.71. The van der Waals surface area contributed by atoms with Crippen LogP contribution in [0, 0.1) is 0 Å². The molecule has 5 rings (SSSR count). The van der Waals surface area contributed by atoms with Gasteiger partial charge >= 0.3 is 0 Å². The van der Waals surface area contributed by atoms with E-state index in [0.717, 1.165) is 49.5 Å². The highest BCUT2D eigenvalue weighted by atomic mass is 16.2. The molecule has 6 heteroatoms. The molecule has 1 saturated heterocycles. The molecule has 0 aliphatic carbocycles. The molecule has 2 unspecified atom stereocenters. The topological polar surface area (TPSA) is 55.9 Å². The van der Waals surface area contributed by atoms with Gasteiger partial charge in [-0.05, 0) is 74.0 Å². The van der Waals surface area contributed by atoms with Gasteiger partial charge in [0.2, 0.25) is 5.91 Å². The second-order valence-electron chi connectivity index (χ2n) is 10.2. The van der Waals surface area contributed by atoms with Crippen molar-refractivity contribution in [2.24, 2.45) is 0 Å². The monoisotopic (exact) mass is 496 g/mol. The van der Waals surface area contributed by atoms with Gasteiger partial charge in [0.25, 0.3) is 5.91 Å². The van der Waals surface area contributed by atoms with E-state index < -0.39 is 0 Å². The average molecular weight is 497 g/mol. The zero-order valence-corrected chi connectivity index (χ0v) is 22.0. The molecule has 2 aliphatic heterocycles. The number of carbonyl (C=O) groups is 2. The highest BCUT2D eigenvalue weighted by molar-refractivity contribution is 6.07. The lowest BCUT2D eigenvalue weighted by Crippen LogP contribution is -2.44. The van der Waals surface area contributed by atoms with Crippen LogP contribution in [0.1, 0.15) is 54.1 Å². The lowest BCUT2D eigenvalue weighted by molar-refractivity contribution is -0.115. The Morgan fingerprint density at radius 2 is 1.57 bits per heavy atom. The van der Waals surface area contributed by atoms with E-state index in [0.29, 0.717) is 12.0 Å². The number of hydrogen-bond acceptors (Lipinski definition) is 4. The molecule has 2 amide bonds. The lowest BCUT2D eigenvalue weighted by Gasteiger charge is -2.40. The van der Waals surface area contributed by atoms with Crippen LogP contribution in [-0.4, -0.2) is 56.0 Å². The van der Waals surface area contributed by atoms with Gasteiger partial charge in [0.15, 0.2) is 0 Å². The largest absolute Gasteiger partial charge is 0.369 e. The van der Waals surface area contributed by atoms with Crippen LogP contribution in [0.25, 0.3) is 0 Å². The minimum Gasteiger partial charge on any atom is -0.369 e. The molecule has 1 fully saturated rings. The third kappa shape index (κ3) is 5.25. The first-order chi connectivity index (χ1) is 17.9. The predicted molar refractivity (Wildman–Crippen MR) is 151 cm³/mol. The van der Waals surface area contributed by atoms with Crippen LogP contribution in [-0.2, 0) is 4.79 Å². The number of fused-ring (bicyclic) bond motifs is 1. The number of nitrogens with one attached hydrogen (secondary N) is 1. The summed E-state index contributed by atoms with van der Waals surface area (Å²) < 4.78 is 0. The van der Waals surface area contributed by atoms with Crippen LogP contribution >= 0.6 is 0 Å². The van der Waals surface area contributed by atoms with Crippen LogP contribution in [0.15, 0.2) is 72.8 Å². The molecule has 0 aromatic heterocycles. The van der Waals surface area contributed by atoms with Gasteiger partial charge in [-0.15, -0.1) is 0 Å². The molecule has 2 aliphatic rings. The van der Waals surface area contributed by atoms with Gasteiger partial charge in [-0.25, -0.2) is 0 Å². The number of amides is 2. The maximum atomic E-state index is 13.8. The van der Waals surface area contributed by atoms with Crippen LogP contribution < -0.4 is 15.1 Å². The molecule has 0 spiro atoms. The van der Waals surface area contributed by atoms with Gasteiger partial charge in [0.1, 0.15) is 0 Å². The van der Waals surface area contributed by atoms with Crippen LogP contribution in [0.2, 0.25) is 0 Å². The summed E-state index contributed by atoms with van der Waals surface area (Å²) in [4.78, 5) is 32.2. The smallest absolute Gasteiger partial charge is 0.258 e. The Bertz CT molecular complexity index is 1250. The van der Waals surface area contributed by atoms with E-state index in [1.165, 1.54) is 11.3 Å². The second-order valence-corrected chi connectivity index (χ2v) is 10.2. The molecule has 0 saturated carbocycles. The van der Waals surface area contributed by atoms with Crippen molar-refractivity contribution < 1.29 is 9.59 Å². The standard InChI is InChI=1S/C31H36N4O2/c1-4-30(36)32-25-13-9-23(10-14-25)28-21-22(2)35(29-8-6-5-7-27(28)29)31(37)24-11-15-26(16-12-24)34-19-17-33(3)18-20-34/h5-16,22,28H,4,17-21H2,1-3H3,(H,32,36). The van der Waals surface area contributed by atoms with E-state index in [9.17, 15) is 9.59 Å². The molecular weight excluding hydrogens is 460 g/mol. The summed E-state index contributed by atoms with van der Waals surface area (Å²) in [5, 5.41) is 2.92. The van der Waals surface area contributed by atoms with Crippen molar-refractivity contribution in [2.75, 3.05) is 48.3 Å². The van der Waals surface area contributed by atoms with E-state index in [1.54, 1.807) is 0 Å². The van der Waals surface area contributed by atoms with Crippen molar-refractivity contribution in [3.63, 3.8) is 0 Å². The molecule has 192 valence electrons. The molecule has 1 N–H and O–H groups in total. The number of benzene rings is 3. The third-order valence-electron chi connectivity index (χ3n) is 7.71. The summed E-state index contributed by atoms with van der Waals surface area (Å²) in [5.41, 5.74) is 6.03. The number of likely N-dealkylation sites (N-methyl/N-ethyl adjacent to an activating group) is 1. The molecule has 2 atom stereocenters. The van der Waals surface area contributed by atoms with Gasteiger partial charge in [-0.3, -0.25) is 9.59 Å². The Balaban J connectivity index is 1.37. The van der Waals surface area contributed by atoms with Gasteiger partial charge in [0, 0.05) is 67.2 Å². The van der Waals surface area contributed by atoms with E-state index in [-0.39, 0.29) is 23.8 Å². The average Bonchev–Trinajstić information content (AvgIpc) is 2.93. The summed E-state index contributed by atoms with van der Waals surface area (Å²) in [5.74, 6) is 0.238. The van der Waals surface area contributed by atoms with Crippen LogP contribution in [0.4, 0.5) is 17.1 Å². The number of rotatable bonds is 5. The molecule has 2 heterocycles.